The van der Waals surface area contributed by atoms with E-state index in [4.69, 9.17) is 4.74 Å². The van der Waals surface area contributed by atoms with Crippen LogP contribution >= 0.6 is 0 Å². The molecule has 0 aromatic heterocycles. The smallest absolute Gasteiger partial charge is 0.253 e. The summed E-state index contributed by atoms with van der Waals surface area (Å²) in [6.45, 7) is 7.32. The van der Waals surface area contributed by atoms with Gasteiger partial charge in [0.2, 0.25) is 11.8 Å². The summed E-state index contributed by atoms with van der Waals surface area (Å²) in [6, 6.07) is 0. The van der Waals surface area contributed by atoms with Crippen LogP contribution in [0.15, 0.2) is 12.2 Å². The standard InChI is InChI=1S/C14H21N3O5.C2H6.2H2/c1-2-11(18)15-6-9-22-10-7-16-12(19)5-8-17-13(20)3-4-14(17)21;1-2;;/h3-4H,2,5-10H2,1H3,(H,15,18)(H,16,19);1-2H3;2*1H. The van der Waals surface area contributed by atoms with Crippen molar-refractivity contribution in [2.75, 3.05) is 32.8 Å². The Morgan fingerprint density at radius 3 is 2.04 bits per heavy atom. The first kappa shape index (κ1) is 21.8. The monoisotopic (exact) mass is 345 g/mol. The molecule has 0 radical (unpaired) electrons. The normalized spacial score (nSPS) is 12.7. The lowest BCUT2D eigenvalue weighted by Crippen LogP contribution is -2.35. The first-order chi connectivity index (χ1) is 11.5. The van der Waals surface area contributed by atoms with E-state index in [9.17, 15) is 19.2 Å². The van der Waals surface area contributed by atoms with Gasteiger partial charge in [0.15, 0.2) is 0 Å². The van der Waals surface area contributed by atoms with Crippen molar-refractivity contribution in [3.05, 3.63) is 12.2 Å². The molecule has 0 saturated heterocycles. The van der Waals surface area contributed by atoms with Crippen molar-refractivity contribution >= 4 is 23.6 Å². The highest BCUT2D eigenvalue weighted by Crippen LogP contribution is 2.03. The van der Waals surface area contributed by atoms with Crippen LogP contribution < -0.4 is 10.6 Å². The lowest BCUT2D eigenvalue weighted by atomic mass is 10.3. The van der Waals surface area contributed by atoms with E-state index in [2.05, 4.69) is 10.6 Å². The van der Waals surface area contributed by atoms with Crippen LogP contribution in [0.1, 0.15) is 36.5 Å². The second kappa shape index (κ2) is 13.2. The number of rotatable bonds is 10. The Kier molecular flexibility index (Phi) is 12.0. The second-order valence-corrected chi connectivity index (χ2v) is 4.58. The molecule has 0 bridgehead atoms. The van der Waals surface area contributed by atoms with Gasteiger partial charge in [-0.2, -0.15) is 0 Å². The first-order valence-corrected chi connectivity index (χ1v) is 8.19. The van der Waals surface area contributed by atoms with Crippen LogP contribution in [0.3, 0.4) is 0 Å². The number of carbonyl (C=O) groups excluding carboxylic acids is 4. The Morgan fingerprint density at radius 1 is 1.04 bits per heavy atom. The van der Waals surface area contributed by atoms with Crippen LogP contribution in [-0.2, 0) is 23.9 Å². The first-order valence-electron chi connectivity index (χ1n) is 8.19. The van der Waals surface area contributed by atoms with E-state index in [-0.39, 0.29) is 27.6 Å². The van der Waals surface area contributed by atoms with E-state index >= 15 is 0 Å². The third-order valence-corrected chi connectivity index (χ3v) is 2.92. The van der Waals surface area contributed by atoms with Crippen molar-refractivity contribution in [2.24, 2.45) is 0 Å². The summed E-state index contributed by atoms with van der Waals surface area (Å²) in [5, 5.41) is 5.29. The van der Waals surface area contributed by atoms with Crippen LogP contribution in [0.2, 0.25) is 0 Å². The van der Waals surface area contributed by atoms with Crippen molar-refractivity contribution < 1.29 is 26.8 Å². The molecule has 0 unspecified atom stereocenters. The van der Waals surface area contributed by atoms with Gasteiger partial charge in [-0.15, -0.1) is 0 Å². The topological polar surface area (TPSA) is 105 Å². The molecule has 0 aliphatic carbocycles. The fraction of sp³-hybridized carbons (Fsp3) is 0.625. The molecule has 0 aromatic rings. The van der Waals surface area contributed by atoms with Crippen LogP contribution in [0.5, 0.6) is 0 Å². The van der Waals surface area contributed by atoms with Crippen molar-refractivity contribution in [2.45, 2.75) is 33.6 Å². The molecule has 24 heavy (non-hydrogen) atoms. The average Bonchev–Trinajstić information content (AvgIpc) is 2.91. The fourth-order valence-electron chi connectivity index (χ4n) is 1.71. The molecule has 1 heterocycles. The highest BCUT2D eigenvalue weighted by molar-refractivity contribution is 6.13. The van der Waals surface area contributed by atoms with Gasteiger partial charge in [-0.3, -0.25) is 24.1 Å². The summed E-state index contributed by atoms with van der Waals surface area (Å²) >= 11 is 0. The lowest BCUT2D eigenvalue weighted by Gasteiger charge is -2.13. The Morgan fingerprint density at radius 2 is 1.54 bits per heavy atom. The molecule has 4 amide bonds. The Hall–Kier alpha value is -2.22. The number of nitrogens with one attached hydrogen (secondary N) is 2. The zero-order valence-electron chi connectivity index (χ0n) is 14.6. The number of amides is 4. The summed E-state index contributed by atoms with van der Waals surface area (Å²) in [5.74, 6) is -1.07. The van der Waals surface area contributed by atoms with Crippen LogP contribution in [0.4, 0.5) is 0 Å². The highest BCUT2D eigenvalue weighted by atomic mass is 16.5. The minimum atomic E-state index is -0.393. The second-order valence-electron chi connectivity index (χ2n) is 4.58. The van der Waals surface area contributed by atoms with Gasteiger partial charge in [0.25, 0.3) is 11.8 Å². The fourth-order valence-corrected chi connectivity index (χ4v) is 1.71. The zero-order chi connectivity index (χ0) is 18.4. The number of carbonyl (C=O) groups is 4. The molecule has 1 aliphatic heterocycles. The van der Waals surface area contributed by atoms with E-state index in [1.54, 1.807) is 6.92 Å². The van der Waals surface area contributed by atoms with E-state index < -0.39 is 11.8 Å². The molecule has 1 rings (SSSR count). The summed E-state index contributed by atoms with van der Waals surface area (Å²) in [7, 11) is 0. The third kappa shape index (κ3) is 9.04. The van der Waals surface area contributed by atoms with Gasteiger partial charge in [-0.25, -0.2) is 0 Å². The molecule has 140 valence electrons. The summed E-state index contributed by atoms with van der Waals surface area (Å²) < 4.78 is 5.23. The highest BCUT2D eigenvalue weighted by Gasteiger charge is 2.23. The molecule has 0 saturated carbocycles. The number of hydrogen-bond donors (Lipinski definition) is 2. The van der Waals surface area contributed by atoms with Gasteiger partial charge in [0.05, 0.1) is 13.2 Å². The van der Waals surface area contributed by atoms with E-state index in [1.165, 1.54) is 12.2 Å². The molecule has 0 spiro atoms. The molecule has 1 aliphatic rings. The van der Waals surface area contributed by atoms with Crippen molar-refractivity contribution in [3.8, 4) is 0 Å². The molecule has 0 atom stereocenters. The van der Waals surface area contributed by atoms with Crippen molar-refractivity contribution in [1.82, 2.24) is 15.5 Å². The lowest BCUT2D eigenvalue weighted by molar-refractivity contribution is -0.137. The van der Waals surface area contributed by atoms with Crippen LogP contribution in [-0.4, -0.2) is 61.4 Å². The minimum absolute atomic E-state index is 0. The summed E-state index contributed by atoms with van der Waals surface area (Å²) in [5.41, 5.74) is 0. The molecule has 0 fully saturated rings. The van der Waals surface area contributed by atoms with Gasteiger partial charge in [0.1, 0.15) is 0 Å². The molecule has 2 N–H and O–H groups in total. The number of imide groups is 1. The van der Waals surface area contributed by atoms with Gasteiger partial charge < -0.3 is 15.4 Å². The molecular weight excluding hydrogens is 314 g/mol. The van der Waals surface area contributed by atoms with E-state index in [1.807, 2.05) is 13.8 Å². The summed E-state index contributed by atoms with van der Waals surface area (Å²) in [4.78, 5) is 46.0. The minimum Gasteiger partial charge on any atom is -0.378 e. The summed E-state index contributed by atoms with van der Waals surface area (Å²) in [6.07, 6.45) is 2.87. The van der Waals surface area contributed by atoms with Gasteiger partial charge in [-0.05, 0) is 0 Å². The van der Waals surface area contributed by atoms with Gasteiger partial charge >= 0.3 is 0 Å². The van der Waals surface area contributed by atoms with Gasteiger partial charge in [0, 0.05) is 47.5 Å². The van der Waals surface area contributed by atoms with Crippen LogP contribution in [0.25, 0.3) is 0 Å². The third-order valence-electron chi connectivity index (χ3n) is 2.92. The zero-order valence-corrected chi connectivity index (χ0v) is 14.6. The maximum absolute atomic E-state index is 11.5. The Bertz CT molecular complexity index is 455. The van der Waals surface area contributed by atoms with E-state index in [0.717, 1.165) is 4.90 Å². The molecule has 0 aromatic carbocycles. The maximum Gasteiger partial charge on any atom is 0.253 e. The predicted molar refractivity (Wildman–Crippen MR) is 93.2 cm³/mol. The molecule has 8 heteroatoms. The SMILES string of the molecule is CC.CCC(=O)NCCOCCNC(=O)CCN1C(=O)C=CC1=O.[HH].[HH]. The average molecular weight is 345 g/mol. The van der Waals surface area contributed by atoms with Crippen molar-refractivity contribution in [1.29, 1.82) is 0 Å². The van der Waals surface area contributed by atoms with Crippen LogP contribution in [0, 0.1) is 0 Å². The van der Waals surface area contributed by atoms with E-state index in [0.29, 0.717) is 32.7 Å². The quantitative estimate of drug-likeness (QED) is 0.442. The Labute approximate surface area is 145 Å². The number of nitrogens with zero attached hydrogens (tertiary/aromatic N) is 1. The Balaban J connectivity index is -0.00000127. The predicted octanol–water partition coefficient (Wildman–Crippen LogP) is 0.479. The maximum atomic E-state index is 11.5. The number of hydrogen-bond acceptors (Lipinski definition) is 5. The molecule has 8 nitrogen and oxygen atoms in total. The van der Waals surface area contributed by atoms with Crippen molar-refractivity contribution in [3.63, 3.8) is 0 Å². The number of ether oxygens (including phenoxy) is 1. The largest absolute Gasteiger partial charge is 0.378 e. The van der Waals surface area contributed by atoms with Gasteiger partial charge in [-0.1, -0.05) is 20.8 Å². The molecular formula is C16H31N3O5.